The lowest BCUT2D eigenvalue weighted by Crippen LogP contribution is -2.24. The first-order valence-corrected chi connectivity index (χ1v) is 9.09. The minimum absolute atomic E-state index is 0.122. The van der Waals surface area contributed by atoms with Crippen molar-refractivity contribution in [1.29, 1.82) is 0 Å². The van der Waals surface area contributed by atoms with E-state index in [4.69, 9.17) is 9.47 Å². The molecule has 0 atom stereocenters. The second-order valence-electron chi connectivity index (χ2n) is 6.37. The van der Waals surface area contributed by atoms with Gasteiger partial charge in [-0.2, -0.15) is 5.10 Å². The Morgan fingerprint density at radius 2 is 1.77 bits per heavy atom. The molecule has 0 bridgehead atoms. The summed E-state index contributed by atoms with van der Waals surface area (Å²) >= 11 is 0. The standard InChI is InChI=1S/C23H19FN2O4/c1-16-4-2-7-21(12-16)29-15-22(27)26-25-14-17-8-10-20(11-9-17)30-23(28)18-5-3-6-19(24)13-18/h2-14H,15H2,1H3,(H,26,27). The third-order valence-corrected chi connectivity index (χ3v) is 3.91. The van der Waals surface area contributed by atoms with Crippen molar-refractivity contribution < 1.29 is 23.5 Å². The smallest absolute Gasteiger partial charge is 0.343 e. The molecular weight excluding hydrogens is 387 g/mol. The molecule has 0 aliphatic heterocycles. The van der Waals surface area contributed by atoms with Crippen LogP contribution in [0.3, 0.4) is 0 Å². The molecule has 0 aliphatic carbocycles. The number of nitrogens with one attached hydrogen (secondary N) is 1. The number of halogens is 1. The van der Waals surface area contributed by atoms with E-state index in [0.29, 0.717) is 17.1 Å². The van der Waals surface area contributed by atoms with E-state index >= 15 is 0 Å². The highest BCUT2D eigenvalue weighted by molar-refractivity contribution is 5.91. The fourth-order valence-corrected chi connectivity index (χ4v) is 2.47. The minimum Gasteiger partial charge on any atom is -0.484 e. The van der Waals surface area contributed by atoms with E-state index in [1.165, 1.54) is 24.4 Å². The Labute approximate surface area is 173 Å². The summed E-state index contributed by atoms with van der Waals surface area (Å²) in [5.41, 5.74) is 4.21. The first kappa shape index (κ1) is 20.7. The fraction of sp³-hybridized carbons (Fsp3) is 0.0870. The Bertz CT molecular complexity index is 1060. The van der Waals surface area contributed by atoms with E-state index < -0.39 is 17.7 Å². The number of carbonyl (C=O) groups excluding carboxylic acids is 2. The van der Waals surface area contributed by atoms with E-state index in [1.54, 1.807) is 30.3 Å². The number of amides is 1. The van der Waals surface area contributed by atoms with E-state index in [-0.39, 0.29) is 12.2 Å². The number of nitrogens with zero attached hydrogens (tertiary/aromatic N) is 1. The third kappa shape index (κ3) is 6.27. The average molecular weight is 406 g/mol. The molecule has 1 amide bonds. The van der Waals surface area contributed by atoms with E-state index in [0.717, 1.165) is 11.6 Å². The van der Waals surface area contributed by atoms with Crippen molar-refractivity contribution in [3.63, 3.8) is 0 Å². The maximum absolute atomic E-state index is 13.2. The Kier molecular flexibility index (Phi) is 6.89. The summed E-state index contributed by atoms with van der Waals surface area (Å²) in [6.45, 7) is 1.78. The molecule has 0 aromatic heterocycles. The minimum atomic E-state index is -0.656. The molecule has 3 aromatic carbocycles. The van der Waals surface area contributed by atoms with Crippen molar-refractivity contribution in [1.82, 2.24) is 5.43 Å². The predicted octanol–water partition coefficient (Wildman–Crippen LogP) is 3.88. The Morgan fingerprint density at radius 3 is 2.50 bits per heavy atom. The molecule has 0 heterocycles. The van der Waals surface area contributed by atoms with Gasteiger partial charge >= 0.3 is 5.97 Å². The number of rotatable bonds is 7. The van der Waals surface area contributed by atoms with E-state index in [2.05, 4.69) is 10.5 Å². The number of benzene rings is 3. The summed E-state index contributed by atoms with van der Waals surface area (Å²) in [5, 5.41) is 3.87. The largest absolute Gasteiger partial charge is 0.484 e. The van der Waals surface area contributed by atoms with Crippen LogP contribution in [-0.4, -0.2) is 24.7 Å². The van der Waals surface area contributed by atoms with Gasteiger partial charge in [0.2, 0.25) is 0 Å². The zero-order valence-corrected chi connectivity index (χ0v) is 16.2. The topological polar surface area (TPSA) is 77.0 Å². The van der Waals surface area contributed by atoms with Gasteiger partial charge in [0.25, 0.3) is 5.91 Å². The number of hydrogen-bond acceptors (Lipinski definition) is 5. The van der Waals surface area contributed by atoms with Gasteiger partial charge in [0.05, 0.1) is 11.8 Å². The summed E-state index contributed by atoms with van der Waals surface area (Å²) in [6.07, 6.45) is 1.45. The monoisotopic (exact) mass is 406 g/mol. The molecular formula is C23H19FN2O4. The van der Waals surface area contributed by atoms with E-state index in [1.807, 2.05) is 25.1 Å². The van der Waals surface area contributed by atoms with Crippen molar-refractivity contribution in [2.24, 2.45) is 5.10 Å². The van der Waals surface area contributed by atoms with Crippen molar-refractivity contribution in [3.8, 4) is 11.5 Å². The molecule has 30 heavy (non-hydrogen) atoms. The van der Waals surface area contributed by atoms with Gasteiger partial charge in [0.1, 0.15) is 17.3 Å². The zero-order valence-electron chi connectivity index (χ0n) is 16.2. The number of hydrogen-bond donors (Lipinski definition) is 1. The number of ether oxygens (including phenoxy) is 2. The van der Waals surface area contributed by atoms with Crippen LogP contribution in [0.1, 0.15) is 21.5 Å². The second kappa shape index (κ2) is 9.97. The Hall–Kier alpha value is -4.00. The first-order valence-electron chi connectivity index (χ1n) is 9.09. The molecule has 1 N–H and O–H groups in total. The highest BCUT2D eigenvalue weighted by atomic mass is 19.1. The maximum Gasteiger partial charge on any atom is 0.343 e. The summed E-state index contributed by atoms with van der Waals surface area (Å²) in [6, 6.07) is 19.1. The molecule has 0 spiro atoms. The van der Waals surface area contributed by atoms with Crippen LogP contribution in [0.4, 0.5) is 4.39 Å². The molecule has 0 unspecified atom stereocenters. The maximum atomic E-state index is 13.2. The van der Waals surface area contributed by atoms with Gasteiger partial charge in [-0.25, -0.2) is 14.6 Å². The number of aryl methyl sites for hydroxylation is 1. The molecule has 7 heteroatoms. The molecule has 152 valence electrons. The summed E-state index contributed by atoms with van der Waals surface area (Å²) in [4.78, 5) is 23.8. The molecule has 0 fully saturated rings. The van der Waals surface area contributed by atoms with Crippen LogP contribution in [0.2, 0.25) is 0 Å². The van der Waals surface area contributed by atoms with Gasteiger partial charge in [-0.05, 0) is 72.6 Å². The number of carbonyl (C=O) groups is 2. The Morgan fingerprint density at radius 1 is 1.00 bits per heavy atom. The fourth-order valence-electron chi connectivity index (χ4n) is 2.47. The van der Waals surface area contributed by atoms with Gasteiger partial charge in [-0.15, -0.1) is 0 Å². The summed E-state index contributed by atoms with van der Waals surface area (Å²) in [5.74, 6) is -0.651. The van der Waals surface area contributed by atoms with Crippen molar-refractivity contribution in [2.45, 2.75) is 6.92 Å². The molecule has 3 rings (SSSR count). The molecule has 0 saturated carbocycles. The lowest BCUT2D eigenvalue weighted by molar-refractivity contribution is -0.123. The van der Waals surface area contributed by atoms with Crippen LogP contribution >= 0.6 is 0 Å². The Balaban J connectivity index is 1.47. The molecule has 3 aromatic rings. The average Bonchev–Trinajstić information content (AvgIpc) is 2.73. The van der Waals surface area contributed by atoms with E-state index in [9.17, 15) is 14.0 Å². The van der Waals surface area contributed by atoms with Gasteiger partial charge in [-0.1, -0.05) is 18.2 Å². The highest BCUT2D eigenvalue weighted by Gasteiger charge is 2.09. The molecule has 0 radical (unpaired) electrons. The second-order valence-corrected chi connectivity index (χ2v) is 6.37. The number of hydrazone groups is 1. The van der Waals surface area contributed by atoms with Gasteiger partial charge in [-0.3, -0.25) is 4.79 Å². The number of esters is 1. The van der Waals surface area contributed by atoms with Crippen molar-refractivity contribution >= 4 is 18.1 Å². The molecule has 6 nitrogen and oxygen atoms in total. The first-order chi connectivity index (χ1) is 14.5. The van der Waals surface area contributed by atoms with Crippen LogP contribution in [0.15, 0.2) is 77.9 Å². The van der Waals surface area contributed by atoms with Crippen LogP contribution in [-0.2, 0) is 4.79 Å². The van der Waals surface area contributed by atoms with Crippen LogP contribution in [0, 0.1) is 12.7 Å². The predicted molar refractivity (Wildman–Crippen MR) is 110 cm³/mol. The zero-order chi connectivity index (χ0) is 21.3. The van der Waals surface area contributed by atoms with Crippen LogP contribution < -0.4 is 14.9 Å². The molecule has 0 saturated heterocycles. The SMILES string of the molecule is Cc1cccc(OCC(=O)NN=Cc2ccc(OC(=O)c3cccc(F)c3)cc2)c1. The van der Waals surface area contributed by atoms with Gasteiger partial charge in [0, 0.05) is 0 Å². The summed E-state index contributed by atoms with van der Waals surface area (Å²) in [7, 11) is 0. The van der Waals surface area contributed by atoms with Crippen molar-refractivity contribution in [2.75, 3.05) is 6.61 Å². The lowest BCUT2D eigenvalue weighted by atomic mass is 10.2. The molecule has 0 aliphatic rings. The highest BCUT2D eigenvalue weighted by Crippen LogP contribution is 2.14. The van der Waals surface area contributed by atoms with Gasteiger partial charge < -0.3 is 9.47 Å². The van der Waals surface area contributed by atoms with Gasteiger partial charge in [0.15, 0.2) is 6.61 Å². The quantitative estimate of drug-likeness (QED) is 0.280. The summed E-state index contributed by atoms with van der Waals surface area (Å²) < 4.78 is 23.8. The normalized spacial score (nSPS) is 10.6. The third-order valence-electron chi connectivity index (χ3n) is 3.91. The van der Waals surface area contributed by atoms with Crippen LogP contribution in [0.5, 0.6) is 11.5 Å². The van der Waals surface area contributed by atoms with Crippen molar-refractivity contribution in [3.05, 3.63) is 95.3 Å². The lowest BCUT2D eigenvalue weighted by Gasteiger charge is -2.06. The van der Waals surface area contributed by atoms with Crippen LogP contribution in [0.25, 0.3) is 0 Å².